The Morgan fingerprint density at radius 2 is 0.639 bits per heavy atom. The van der Waals surface area contributed by atoms with Gasteiger partial charge in [-0.1, -0.05) is 0 Å². The minimum atomic E-state index is -6.11. The van der Waals surface area contributed by atoms with Gasteiger partial charge in [0.1, 0.15) is 16.9 Å². The molecule has 2 nitrogen and oxygen atoms in total. The predicted octanol–water partition coefficient (Wildman–Crippen LogP) is 8.04. The van der Waals surface area contributed by atoms with Crippen molar-refractivity contribution < 1.29 is 76.1 Å². The molecule has 0 radical (unpaired) electrons. The fourth-order valence-electron chi connectivity index (χ4n) is 3.20. The third kappa shape index (κ3) is 5.09. The zero-order chi connectivity index (χ0) is 28.4. The van der Waals surface area contributed by atoms with Crippen molar-refractivity contribution in [2.45, 2.75) is 43.2 Å². The minimum Gasteiger partial charge on any atom is -0.507 e. The minimum absolute atomic E-state index is 0.258. The van der Waals surface area contributed by atoms with Gasteiger partial charge in [-0.2, -0.15) is 65.9 Å². The van der Waals surface area contributed by atoms with E-state index in [1.165, 1.54) is 0 Å². The molecule has 0 saturated heterocycles. The van der Waals surface area contributed by atoms with Crippen LogP contribution in [-0.4, -0.2) is 16.4 Å². The van der Waals surface area contributed by atoms with Crippen molar-refractivity contribution in [3.05, 3.63) is 57.6 Å². The molecule has 0 aliphatic rings. The fourth-order valence-corrected chi connectivity index (χ4v) is 3.20. The number of halogens is 15. The third-order valence-electron chi connectivity index (χ3n) is 5.16. The largest absolute Gasteiger partial charge is 0.507 e. The lowest BCUT2D eigenvalue weighted by atomic mass is 9.73. The Hall–Kier alpha value is -3.01. The average Bonchev–Trinajstić information content (AvgIpc) is 2.63. The topological polar surface area (TPSA) is 40.5 Å². The molecule has 0 atom stereocenters. The lowest BCUT2D eigenvalue weighted by Gasteiger charge is -2.35. The molecule has 0 aliphatic heterocycles. The summed E-state index contributed by atoms with van der Waals surface area (Å²) in [5.74, 6) is -5.14. The number of hydrogen-bond acceptors (Lipinski definition) is 2. The smallest absolute Gasteiger partial charge is 0.419 e. The Kier molecular flexibility index (Phi) is 6.70. The van der Waals surface area contributed by atoms with E-state index in [-0.39, 0.29) is 6.92 Å². The lowest BCUT2D eigenvalue weighted by molar-refractivity contribution is -0.175. The van der Waals surface area contributed by atoms with E-state index in [4.69, 9.17) is 0 Å². The van der Waals surface area contributed by atoms with Gasteiger partial charge in [-0.25, -0.2) is 0 Å². The van der Waals surface area contributed by atoms with Crippen LogP contribution in [0.5, 0.6) is 11.5 Å². The summed E-state index contributed by atoms with van der Waals surface area (Å²) in [6.45, 7) is -0.258. The summed E-state index contributed by atoms with van der Waals surface area (Å²) in [6, 6.07) is -2.70. The number of alkyl halides is 15. The van der Waals surface area contributed by atoms with Crippen molar-refractivity contribution in [1.82, 2.24) is 0 Å². The molecule has 0 aromatic heterocycles. The van der Waals surface area contributed by atoms with Gasteiger partial charge in [-0.15, -0.1) is 0 Å². The standard InChI is InChI=1S/C19H9F15O2/c1-14(19(32,33)34,6-2-8(15(20,21)22)12(35)9(3-6)16(23,24)25)7-4-10(17(26,27)28)13(36)11(5-7)18(29,30)31/h2-5,35-36H,1H3. The first-order chi connectivity index (χ1) is 15.7. The summed E-state index contributed by atoms with van der Waals surface area (Å²) in [5, 5.41) is 18.8. The van der Waals surface area contributed by atoms with Crippen LogP contribution in [0.1, 0.15) is 40.3 Å². The van der Waals surface area contributed by atoms with Crippen LogP contribution in [0.25, 0.3) is 0 Å². The molecular formula is C19H9F15O2. The van der Waals surface area contributed by atoms with Gasteiger partial charge in [0, 0.05) is 0 Å². The molecule has 0 unspecified atom stereocenters. The predicted molar refractivity (Wildman–Crippen MR) is 88.7 cm³/mol. The van der Waals surface area contributed by atoms with E-state index in [0.717, 1.165) is 0 Å². The summed E-state index contributed by atoms with van der Waals surface area (Å²) < 4.78 is 201. The summed E-state index contributed by atoms with van der Waals surface area (Å²) in [5.41, 5.74) is -19.3. The molecule has 0 spiro atoms. The zero-order valence-corrected chi connectivity index (χ0v) is 16.9. The van der Waals surface area contributed by atoms with Crippen molar-refractivity contribution in [3.8, 4) is 11.5 Å². The molecule has 0 saturated carbocycles. The van der Waals surface area contributed by atoms with E-state index in [1.54, 1.807) is 0 Å². The first kappa shape index (κ1) is 29.2. The second-order valence-electron chi connectivity index (χ2n) is 7.45. The monoisotopic (exact) mass is 554 g/mol. The van der Waals surface area contributed by atoms with Crippen molar-refractivity contribution >= 4 is 0 Å². The summed E-state index contributed by atoms with van der Waals surface area (Å²) in [4.78, 5) is 0. The highest BCUT2D eigenvalue weighted by Crippen LogP contribution is 2.54. The van der Waals surface area contributed by atoms with Gasteiger partial charge in [0.15, 0.2) is 0 Å². The number of rotatable bonds is 2. The van der Waals surface area contributed by atoms with Crippen LogP contribution in [0.2, 0.25) is 0 Å². The summed E-state index contributed by atoms with van der Waals surface area (Å²) in [6.07, 6.45) is -29.9. The van der Waals surface area contributed by atoms with Crippen LogP contribution in [0.4, 0.5) is 65.9 Å². The number of phenolic OH excluding ortho intramolecular Hbond substituents is 2. The Morgan fingerprint density at radius 3 is 0.778 bits per heavy atom. The van der Waals surface area contributed by atoms with Gasteiger partial charge in [-0.05, 0) is 42.3 Å². The highest BCUT2D eigenvalue weighted by atomic mass is 19.4. The number of hydrogen-bond donors (Lipinski definition) is 2. The molecule has 0 fully saturated rings. The Balaban J connectivity index is 3.17. The van der Waals surface area contributed by atoms with Crippen LogP contribution in [0.3, 0.4) is 0 Å². The number of benzene rings is 2. The molecule has 36 heavy (non-hydrogen) atoms. The third-order valence-corrected chi connectivity index (χ3v) is 5.16. The molecule has 2 rings (SSSR count). The van der Waals surface area contributed by atoms with E-state index >= 15 is 0 Å². The van der Waals surface area contributed by atoms with Gasteiger partial charge in [0.2, 0.25) is 0 Å². The summed E-state index contributed by atoms with van der Waals surface area (Å²) >= 11 is 0. The summed E-state index contributed by atoms with van der Waals surface area (Å²) in [7, 11) is 0. The maximum atomic E-state index is 14.1. The number of phenols is 2. The molecule has 202 valence electrons. The van der Waals surface area contributed by atoms with Crippen molar-refractivity contribution in [2.24, 2.45) is 0 Å². The Labute approximate surface area is 189 Å². The van der Waals surface area contributed by atoms with Crippen molar-refractivity contribution in [2.75, 3.05) is 0 Å². The highest BCUT2D eigenvalue weighted by molar-refractivity contribution is 5.55. The average molecular weight is 554 g/mol. The Morgan fingerprint density at radius 1 is 0.444 bits per heavy atom. The van der Waals surface area contributed by atoms with E-state index in [9.17, 15) is 76.1 Å². The maximum Gasteiger partial charge on any atom is 0.419 e. The normalized spacial score (nSPS) is 14.3. The second-order valence-corrected chi connectivity index (χ2v) is 7.45. The first-order valence-corrected chi connectivity index (χ1v) is 8.84. The fraction of sp³-hybridized carbons (Fsp3) is 0.368. The van der Waals surface area contributed by atoms with E-state index in [2.05, 4.69) is 0 Å². The van der Waals surface area contributed by atoms with E-state index in [1.807, 2.05) is 0 Å². The molecule has 0 bridgehead atoms. The molecule has 0 heterocycles. The van der Waals surface area contributed by atoms with Crippen LogP contribution in [0.15, 0.2) is 24.3 Å². The zero-order valence-electron chi connectivity index (χ0n) is 16.9. The molecule has 2 aromatic rings. The lowest BCUT2D eigenvalue weighted by Crippen LogP contribution is -2.41. The van der Waals surface area contributed by atoms with Gasteiger partial charge in [-0.3, -0.25) is 0 Å². The maximum absolute atomic E-state index is 14.1. The van der Waals surface area contributed by atoms with Crippen LogP contribution >= 0.6 is 0 Å². The van der Waals surface area contributed by atoms with E-state index < -0.39 is 105 Å². The van der Waals surface area contributed by atoms with Crippen LogP contribution < -0.4 is 0 Å². The van der Waals surface area contributed by atoms with Crippen LogP contribution in [0, 0.1) is 0 Å². The second kappa shape index (κ2) is 8.26. The van der Waals surface area contributed by atoms with Gasteiger partial charge in [0.25, 0.3) is 0 Å². The molecule has 2 aromatic carbocycles. The van der Waals surface area contributed by atoms with Crippen molar-refractivity contribution in [3.63, 3.8) is 0 Å². The van der Waals surface area contributed by atoms with Crippen molar-refractivity contribution in [1.29, 1.82) is 0 Å². The molecule has 2 N–H and O–H groups in total. The van der Waals surface area contributed by atoms with E-state index in [0.29, 0.717) is 0 Å². The SMILES string of the molecule is CC(c1cc(C(F)(F)F)c(O)c(C(F)(F)F)c1)(c1cc(C(F)(F)F)c(O)c(C(F)(F)F)c1)C(F)(F)F. The quantitative estimate of drug-likeness (QED) is 0.369. The highest BCUT2D eigenvalue weighted by Gasteiger charge is 2.57. The molecular weight excluding hydrogens is 545 g/mol. The van der Waals surface area contributed by atoms with Gasteiger partial charge in [0.05, 0.1) is 22.3 Å². The number of aromatic hydroxyl groups is 2. The molecule has 0 amide bonds. The first-order valence-electron chi connectivity index (χ1n) is 8.84. The molecule has 17 heteroatoms. The molecule has 0 aliphatic carbocycles. The Bertz CT molecular complexity index is 996. The van der Waals surface area contributed by atoms with Gasteiger partial charge < -0.3 is 10.2 Å². The van der Waals surface area contributed by atoms with Crippen LogP contribution in [-0.2, 0) is 30.1 Å². The van der Waals surface area contributed by atoms with Gasteiger partial charge >= 0.3 is 30.9 Å².